The molecule has 0 radical (unpaired) electrons. The van der Waals surface area contributed by atoms with Gasteiger partial charge in [-0.1, -0.05) is 24.3 Å². The number of rotatable bonds is 7. The second kappa shape index (κ2) is 10.6. The molecule has 2 heterocycles. The second-order valence-electron chi connectivity index (χ2n) is 9.38. The summed E-state index contributed by atoms with van der Waals surface area (Å²) in [6.45, 7) is 2.53. The molecule has 1 amide bonds. The molecule has 0 spiro atoms. The lowest BCUT2D eigenvalue weighted by Crippen LogP contribution is -2.22. The van der Waals surface area contributed by atoms with Crippen molar-refractivity contribution < 1.29 is 19.4 Å². The molecule has 1 unspecified atom stereocenters. The fraction of sp³-hybridized carbons (Fsp3) is 0.357. The van der Waals surface area contributed by atoms with Crippen LogP contribution in [0, 0.1) is 5.92 Å². The fourth-order valence-electron chi connectivity index (χ4n) is 5.07. The number of carbonyl (C=O) groups is 2. The van der Waals surface area contributed by atoms with Crippen LogP contribution in [0.5, 0.6) is 0 Å². The Morgan fingerprint density at radius 2 is 1.74 bits per heavy atom. The number of carbonyl (C=O) groups excluding carboxylic acids is 1. The Labute approximate surface area is 209 Å². The number of nitrogens with one attached hydrogen (secondary N) is 2. The van der Waals surface area contributed by atoms with Crippen LogP contribution >= 0.6 is 11.3 Å². The molecule has 3 N–H and O–H groups in total. The van der Waals surface area contributed by atoms with Gasteiger partial charge in [-0.2, -0.15) is 0 Å². The first kappa shape index (κ1) is 23.6. The maximum atomic E-state index is 12.9. The van der Waals surface area contributed by atoms with E-state index in [1.807, 2.05) is 23.6 Å². The highest BCUT2D eigenvalue weighted by molar-refractivity contribution is 7.15. The van der Waals surface area contributed by atoms with E-state index in [0.29, 0.717) is 16.5 Å². The summed E-state index contributed by atoms with van der Waals surface area (Å²) in [6, 6.07) is 15.7. The predicted molar refractivity (Wildman–Crippen MR) is 139 cm³/mol. The lowest BCUT2D eigenvalue weighted by molar-refractivity contribution is 0.0694. The van der Waals surface area contributed by atoms with E-state index in [1.165, 1.54) is 22.5 Å². The van der Waals surface area contributed by atoms with Gasteiger partial charge in [0.05, 0.1) is 5.56 Å². The van der Waals surface area contributed by atoms with Crippen molar-refractivity contribution in [1.82, 2.24) is 0 Å². The van der Waals surface area contributed by atoms with Gasteiger partial charge in [-0.15, -0.1) is 11.3 Å². The van der Waals surface area contributed by atoms with Gasteiger partial charge in [0.2, 0.25) is 0 Å². The van der Waals surface area contributed by atoms with Gasteiger partial charge >= 0.3 is 5.97 Å². The minimum absolute atomic E-state index is 0.138. The Morgan fingerprint density at radius 3 is 2.49 bits per heavy atom. The lowest BCUT2D eigenvalue weighted by atomic mass is 9.80. The van der Waals surface area contributed by atoms with Crippen molar-refractivity contribution in [3.63, 3.8) is 0 Å². The van der Waals surface area contributed by atoms with E-state index in [4.69, 9.17) is 4.74 Å². The van der Waals surface area contributed by atoms with E-state index in [-0.39, 0.29) is 17.4 Å². The van der Waals surface area contributed by atoms with E-state index in [0.717, 1.165) is 63.1 Å². The number of aromatic carboxylic acids is 1. The van der Waals surface area contributed by atoms with Crippen LogP contribution in [0.15, 0.2) is 53.9 Å². The minimum atomic E-state index is -0.997. The van der Waals surface area contributed by atoms with Crippen LogP contribution < -0.4 is 10.6 Å². The maximum Gasteiger partial charge on any atom is 0.339 e. The summed E-state index contributed by atoms with van der Waals surface area (Å²) in [5.74, 6) is -0.556. The zero-order chi connectivity index (χ0) is 24.2. The molecule has 1 aliphatic carbocycles. The van der Waals surface area contributed by atoms with Gasteiger partial charge in [0.15, 0.2) is 0 Å². The molecule has 1 fully saturated rings. The largest absolute Gasteiger partial charge is 0.478 e. The standard InChI is InChI=1S/C28H30N2O4S/c31-26(20-7-9-23(10-8-20)29-16-18-11-13-34-14-12-18)30-27-25(28(32)33)24(17-35-27)22-6-5-19-3-1-2-4-21(19)15-22/h1-4,7-10,17-18,22,29H,5-6,11-16H2,(H,30,31)(H,32,33). The summed E-state index contributed by atoms with van der Waals surface area (Å²) in [5.41, 5.74) is 5.13. The van der Waals surface area contributed by atoms with Crippen molar-refractivity contribution in [1.29, 1.82) is 0 Å². The molecule has 1 aromatic heterocycles. The summed E-state index contributed by atoms with van der Waals surface area (Å²) in [7, 11) is 0. The molecule has 1 atom stereocenters. The van der Waals surface area contributed by atoms with Crippen LogP contribution in [0.1, 0.15) is 62.6 Å². The SMILES string of the molecule is O=C(Nc1scc(C2CCc3ccccc3C2)c1C(=O)O)c1ccc(NCC2CCOCC2)cc1. The number of hydrogen-bond donors (Lipinski definition) is 3. The third-order valence-electron chi connectivity index (χ3n) is 7.13. The highest BCUT2D eigenvalue weighted by Gasteiger charge is 2.28. The number of fused-ring (bicyclic) bond motifs is 1. The summed E-state index contributed by atoms with van der Waals surface area (Å²) in [5, 5.41) is 18.6. The molecule has 6 nitrogen and oxygen atoms in total. The first-order valence-corrected chi connectivity index (χ1v) is 13.1. The molecule has 7 heteroatoms. The Morgan fingerprint density at radius 1 is 1.00 bits per heavy atom. The van der Waals surface area contributed by atoms with Gasteiger partial charge in [-0.3, -0.25) is 4.79 Å². The predicted octanol–water partition coefficient (Wildman–Crippen LogP) is 5.81. The maximum absolute atomic E-state index is 12.9. The third-order valence-corrected chi connectivity index (χ3v) is 8.04. The number of hydrogen-bond acceptors (Lipinski definition) is 5. The van der Waals surface area contributed by atoms with Crippen molar-refractivity contribution in [3.8, 4) is 0 Å². The molecule has 35 heavy (non-hydrogen) atoms. The van der Waals surface area contributed by atoms with Gasteiger partial charge in [0.1, 0.15) is 5.00 Å². The molecule has 3 aromatic rings. The number of carboxylic acids is 1. The van der Waals surface area contributed by atoms with Gasteiger partial charge in [-0.25, -0.2) is 4.79 Å². The molecule has 0 saturated carbocycles. The quantitative estimate of drug-likeness (QED) is 0.389. The summed E-state index contributed by atoms with van der Waals surface area (Å²) in [6.07, 6.45) is 4.80. The van der Waals surface area contributed by atoms with Crippen LogP contribution in [-0.4, -0.2) is 36.7 Å². The third kappa shape index (κ3) is 5.41. The number of aryl methyl sites for hydroxylation is 1. The second-order valence-corrected chi connectivity index (χ2v) is 10.3. The van der Waals surface area contributed by atoms with Crippen molar-refractivity contribution in [2.75, 3.05) is 30.4 Å². The number of ether oxygens (including phenoxy) is 1. The van der Waals surface area contributed by atoms with Crippen LogP contribution in [-0.2, 0) is 17.6 Å². The number of benzene rings is 2. The highest BCUT2D eigenvalue weighted by atomic mass is 32.1. The fourth-order valence-corrected chi connectivity index (χ4v) is 6.10. The van der Waals surface area contributed by atoms with E-state index >= 15 is 0 Å². The van der Waals surface area contributed by atoms with Crippen LogP contribution in [0.4, 0.5) is 10.7 Å². The van der Waals surface area contributed by atoms with E-state index in [2.05, 4.69) is 28.8 Å². The van der Waals surface area contributed by atoms with Crippen LogP contribution in [0.3, 0.4) is 0 Å². The minimum Gasteiger partial charge on any atom is -0.478 e. The molecular formula is C28H30N2O4S. The smallest absolute Gasteiger partial charge is 0.339 e. The molecule has 182 valence electrons. The lowest BCUT2D eigenvalue weighted by Gasteiger charge is -2.24. The molecule has 1 aliphatic heterocycles. The molecule has 2 aromatic carbocycles. The topological polar surface area (TPSA) is 87.7 Å². The first-order chi connectivity index (χ1) is 17.1. The number of thiophene rings is 1. The van der Waals surface area contributed by atoms with Gasteiger partial charge in [-0.05, 0) is 90.3 Å². The Balaban J connectivity index is 1.25. The summed E-state index contributed by atoms with van der Waals surface area (Å²) < 4.78 is 5.41. The van der Waals surface area contributed by atoms with Crippen molar-refractivity contribution in [3.05, 3.63) is 81.7 Å². The highest BCUT2D eigenvalue weighted by Crippen LogP contribution is 2.39. The Kier molecular flexibility index (Phi) is 7.16. The zero-order valence-electron chi connectivity index (χ0n) is 19.6. The number of anilines is 2. The van der Waals surface area contributed by atoms with E-state index < -0.39 is 5.97 Å². The first-order valence-electron chi connectivity index (χ1n) is 12.2. The van der Waals surface area contributed by atoms with E-state index in [1.54, 1.807) is 12.1 Å². The average molecular weight is 491 g/mol. The van der Waals surface area contributed by atoms with Gasteiger partial charge < -0.3 is 20.5 Å². The summed E-state index contributed by atoms with van der Waals surface area (Å²) >= 11 is 1.29. The number of carboxylic acid groups (broad SMARTS) is 1. The van der Waals surface area contributed by atoms with Crippen LogP contribution in [0.25, 0.3) is 0 Å². The molecule has 2 aliphatic rings. The van der Waals surface area contributed by atoms with E-state index in [9.17, 15) is 14.7 Å². The molecule has 1 saturated heterocycles. The van der Waals surface area contributed by atoms with Crippen molar-refractivity contribution in [2.45, 2.75) is 38.0 Å². The van der Waals surface area contributed by atoms with Crippen LogP contribution in [0.2, 0.25) is 0 Å². The monoisotopic (exact) mass is 490 g/mol. The Bertz CT molecular complexity index is 1200. The normalized spacial score (nSPS) is 18.0. The molecular weight excluding hydrogens is 460 g/mol. The Hall–Kier alpha value is -3.16. The molecule has 5 rings (SSSR count). The van der Waals surface area contributed by atoms with Crippen molar-refractivity contribution >= 4 is 33.9 Å². The zero-order valence-corrected chi connectivity index (χ0v) is 20.4. The van der Waals surface area contributed by atoms with Gasteiger partial charge in [0.25, 0.3) is 5.91 Å². The summed E-state index contributed by atoms with van der Waals surface area (Å²) in [4.78, 5) is 25.1. The number of amides is 1. The average Bonchev–Trinajstić information content (AvgIpc) is 3.32. The molecule has 0 bridgehead atoms. The van der Waals surface area contributed by atoms with Gasteiger partial charge in [0, 0.05) is 31.0 Å². The van der Waals surface area contributed by atoms with Crippen molar-refractivity contribution in [2.24, 2.45) is 5.92 Å².